The summed E-state index contributed by atoms with van der Waals surface area (Å²) in [6, 6.07) is 10.4. The maximum Gasteiger partial charge on any atom is 0.229 e. The van der Waals surface area contributed by atoms with Gasteiger partial charge >= 0.3 is 0 Å². The van der Waals surface area contributed by atoms with Gasteiger partial charge in [-0.3, -0.25) is 0 Å². The second kappa shape index (κ2) is 16.5. The first kappa shape index (κ1) is 38.2. The maximum absolute atomic E-state index is 11.1. The summed E-state index contributed by atoms with van der Waals surface area (Å²) in [5, 5.41) is 124. The van der Waals surface area contributed by atoms with Crippen LogP contribution in [0.2, 0.25) is 0 Å². The highest BCUT2D eigenvalue weighted by Gasteiger charge is 2.54. The number of rotatable bonds is 11. The molecule has 3 aliphatic heterocycles. The van der Waals surface area contributed by atoms with E-state index in [4.69, 9.17) is 28.4 Å². The van der Waals surface area contributed by atoms with Crippen LogP contribution in [0.3, 0.4) is 0 Å². The van der Waals surface area contributed by atoms with Crippen molar-refractivity contribution in [2.24, 2.45) is 0 Å². The predicted molar refractivity (Wildman–Crippen MR) is 165 cm³/mol. The van der Waals surface area contributed by atoms with Gasteiger partial charge in [0.1, 0.15) is 84.4 Å². The predicted octanol–water partition coefficient (Wildman–Crippen LogP) is -3.90. The number of aliphatic hydroxyl groups is 10. The molecule has 3 heterocycles. The van der Waals surface area contributed by atoms with Crippen LogP contribution in [-0.4, -0.2) is 173 Å². The number of benzene rings is 2. The van der Waals surface area contributed by atoms with Gasteiger partial charge < -0.3 is 89.7 Å². The Labute approximate surface area is 284 Å². The van der Waals surface area contributed by atoms with Crippen LogP contribution in [0.25, 0.3) is 12.2 Å². The molecular formula is C32H42O18. The van der Waals surface area contributed by atoms with Crippen LogP contribution in [0, 0.1) is 0 Å². The van der Waals surface area contributed by atoms with Gasteiger partial charge in [0.05, 0.1) is 19.8 Å². The first-order chi connectivity index (χ1) is 23.8. The zero-order chi connectivity index (χ0) is 36.3. The lowest BCUT2D eigenvalue weighted by molar-refractivity contribution is -0.389. The summed E-state index contributed by atoms with van der Waals surface area (Å²) >= 11 is 0. The molecule has 2 aromatic rings. The second-order valence-electron chi connectivity index (χ2n) is 12.1. The van der Waals surface area contributed by atoms with Gasteiger partial charge in [0.2, 0.25) is 6.29 Å². The minimum Gasteiger partial charge on any atom is -0.508 e. The third kappa shape index (κ3) is 8.37. The van der Waals surface area contributed by atoms with Crippen LogP contribution in [0.1, 0.15) is 11.1 Å². The fourth-order valence-corrected chi connectivity index (χ4v) is 5.78. The molecule has 0 aliphatic carbocycles. The fourth-order valence-electron chi connectivity index (χ4n) is 5.78. The van der Waals surface area contributed by atoms with Gasteiger partial charge in [-0.25, -0.2) is 0 Å². The van der Waals surface area contributed by atoms with Gasteiger partial charge in [0, 0.05) is 6.07 Å². The highest BCUT2D eigenvalue weighted by molar-refractivity contribution is 5.71. The van der Waals surface area contributed by atoms with Crippen LogP contribution in [0.5, 0.6) is 17.2 Å². The molecule has 0 spiro atoms. The Balaban J connectivity index is 1.41. The standard InChI is InChI=1S/C32H42O18/c33-10-18-21(38)24(41)27(44)30(46-18)49-29-26(43)23(40)20(12-35)48-32(29)50-28-25(42)22(39)19(11-34)47-31(28)45-17-8-14(7-16(37)9-17)2-1-13-3-5-15(36)6-4-13/h1-9,18-44H,10-12H2/b2-1+/t18-,19-,20-,21-,22-,23-,24+,25+,26+,27-,28-,29-,30-,31+,32-/m1/s1. The van der Waals surface area contributed by atoms with Crippen molar-refractivity contribution in [3.8, 4) is 17.2 Å². The van der Waals surface area contributed by atoms with Crippen LogP contribution in [0.15, 0.2) is 42.5 Å². The normalized spacial score (nSPS) is 39.4. The second-order valence-corrected chi connectivity index (χ2v) is 12.1. The molecule has 278 valence electrons. The van der Waals surface area contributed by atoms with Crippen molar-refractivity contribution >= 4 is 12.2 Å². The third-order valence-corrected chi connectivity index (χ3v) is 8.61. The van der Waals surface area contributed by atoms with E-state index < -0.39 is 112 Å². The maximum atomic E-state index is 11.1. The number of hydrogen-bond donors (Lipinski definition) is 12. The van der Waals surface area contributed by atoms with E-state index >= 15 is 0 Å². The Bertz CT molecular complexity index is 1410. The number of aromatic hydroxyl groups is 2. The number of ether oxygens (including phenoxy) is 6. The molecule has 2 aromatic carbocycles. The van der Waals surface area contributed by atoms with E-state index in [0.717, 1.165) is 5.56 Å². The molecule has 0 amide bonds. The highest BCUT2D eigenvalue weighted by Crippen LogP contribution is 2.34. The molecule has 0 unspecified atom stereocenters. The van der Waals surface area contributed by atoms with Gasteiger partial charge in [-0.15, -0.1) is 0 Å². The highest BCUT2D eigenvalue weighted by atomic mass is 16.8. The zero-order valence-electron chi connectivity index (χ0n) is 26.3. The van der Waals surface area contributed by atoms with E-state index in [2.05, 4.69) is 0 Å². The van der Waals surface area contributed by atoms with Crippen molar-refractivity contribution in [1.82, 2.24) is 0 Å². The van der Waals surface area contributed by atoms with Crippen LogP contribution < -0.4 is 4.74 Å². The first-order valence-electron chi connectivity index (χ1n) is 15.7. The lowest BCUT2D eigenvalue weighted by Gasteiger charge is -2.48. The SMILES string of the molecule is OC[C@H]1O[C@H](O[C@H]2[C@@H](O[C@H]3[C@@H](Oc4cc(O)cc(/C=C/c5ccc(O)cc5)c4)O[C@H](CO)[C@@H](O)[C@@H]3O)O[C@H](CO)[C@@H](O)[C@@H]2O)[C@H](O)[C@@H](O)[C@@H]1O. The number of aliphatic hydroxyl groups excluding tert-OH is 10. The minimum absolute atomic E-state index is 0.0309. The molecule has 0 aromatic heterocycles. The van der Waals surface area contributed by atoms with Crippen LogP contribution >= 0.6 is 0 Å². The average Bonchev–Trinajstić information content (AvgIpc) is 3.10. The van der Waals surface area contributed by atoms with E-state index in [-0.39, 0.29) is 17.2 Å². The topological polar surface area (TPSA) is 298 Å². The smallest absolute Gasteiger partial charge is 0.229 e. The molecule has 3 saturated heterocycles. The van der Waals surface area contributed by atoms with E-state index in [1.54, 1.807) is 24.3 Å². The Kier molecular flexibility index (Phi) is 12.6. The van der Waals surface area contributed by atoms with Crippen LogP contribution in [-0.2, 0) is 23.7 Å². The van der Waals surface area contributed by atoms with Gasteiger partial charge in [-0.05, 0) is 35.4 Å². The summed E-state index contributed by atoms with van der Waals surface area (Å²) in [7, 11) is 0. The average molecular weight is 715 g/mol. The Morgan fingerprint density at radius 2 is 0.980 bits per heavy atom. The lowest BCUT2D eigenvalue weighted by atomic mass is 9.96. The van der Waals surface area contributed by atoms with Crippen molar-refractivity contribution in [3.63, 3.8) is 0 Å². The quantitative estimate of drug-likeness (QED) is 0.0990. The van der Waals surface area contributed by atoms with E-state index in [1.165, 1.54) is 30.3 Å². The van der Waals surface area contributed by atoms with Crippen molar-refractivity contribution in [1.29, 1.82) is 0 Å². The summed E-state index contributed by atoms with van der Waals surface area (Å²) < 4.78 is 34.3. The Morgan fingerprint density at radius 1 is 0.500 bits per heavy atom. The Morgan fingerprint density at radius 3 is 1.56 bits per heavy atom. The summed E-state index contributed by atoms with van der Waals surface area (Å²) in [6.45, 7) is -2.42. The molecule has 18 heteroatoms. The van der Waals surface area contributed by atoms with Gasteiger partial charge in [-0.2, -0.15) is 0 Å². The molecule has 15 atom stereocenters. The number of phenolic OH excluding ortho intramolecular Hbond substituents is 2. The minimum atomic E-state index is -1.94. The van der Waals surface area contributed by atoms with E-state index in [0.29, 0.717) is 5.56 Å². The molecule has 3 aliphatic rings. The fraction of sp³-hybridized carbons (Fsp3) is 0.562. The van der Waals surface area contributed by atoms with Gasteiger partial charge in [0.25, 0.3) is 0 Å². The molecule has 12 N–H and O–H groups in total. The monoisotopic (exact) mass is 714 g/mol. The van der Waals surface area contributed by atoms with Crippen LogP contribution in [0.4, 0.5) is 0 Å². The molecule has 5 rings (SSSR count). The van der Waals surface area contributed by atoms with Crippen molar-refractivity contribution in [2.45, 2.75) is 92.1 Å². The largest absolute Gasteiger partial charge is 0.508 e. The number of hydrogen-bond acceptors (Lipinski definition) is 18. The van der Waals surface area contributed by atoms with Crippen molar-refractivity contribution in [2.75, 3.05) is 19.8 Å². The molecule has 18 nitrogen and oxygen atoms in total. The van der Waals surface area contributed by atoms with Gasteiger partial charge in [-0.1, -0.05) is 24.3 Å². The molecule has 0 bridgehead atoms. The molecule has 50 heavy (non-hydrogen) atoms. The third-order valence-electron chi connectivity index (χ3n) is 8.61. The number of phenols is 2. The molecule has 0 radical (unpaired) electrons. The summed E-state index contributed by atoms with van der Waals surface area (Å²) in [5.41, 5.74) is 1.16. The van der Waals surface area contributed by atoms with E-state index in [9.17, 15) is 61.3 Å². The van der Waals surface area contributed by atoms with Crippen molar-refractivity contribution in [3.05, 3.63) is 53.6 Å². The zero-order valence-corrected chi connectivity index (χ0v) is 26.3. The Hall–Kier alpha value is -3.02. The van der Waals surface area contributed by atoms with Gasteiger partial charge in [0.15, 0.2) is 18.7 Å². The first-order valence-corrected chi connectivity index (χ1v) is 15.7. The molecule has 3 fully saturated rings. The molecule has 0 saturated carbocycles. The summed E-state index contributed by atoms with van der Waals surface area (Å²) in [6.07, 6.45) is -22.9. The summed E-state index contributed by atoms with van der Waals surface area (Å²) in [4.78, 5) is 0. The summed E-state index contributed by atoms with van der Waals surface area (Å²) in [5.74, 6) is -0.195. The van der Waals surface area contributed by atoms with Crippen molar-refractivity contribution < 1.29 is 89.7 Å². The lowest BCUT2D eigenvalue weighted by Crippen LogP contribution is -2.67. The van der Waals surface area contributed by atoms with E-state index in [1.807, 2.05) is 0 Å². The molecular weight excluding hydrogens is 672 g/mol.